The molecule has 0 saturated carbocycles. The van der Waals surface area contributed by atoms with Crippen LogP contribution in [0.1, 0.15) is 18.9 Å². The molecule has 1 heterocycles. The van der Waals surface area contributed by atoms with E-state index in [0.29, 0.717) is 23.6 Å². The van der Waals surface area contributed by atoms with Crippen LogP contribution < -0.4 is 15.5 Å². The number of nitrogens with one attached hydrogen (secondary N) is 2. The van der Waals surface area contributed by atoms with E-state index in [-0.39, 0.29) is 0 Å². The summed E-state index contributed by atoms with van der Waals surface area (Å²) in [6.07, 6.45) is 4.12. The first-order valence-electron chi connectivity index (χ1n) is 11.3. The van der Waals surface area contributed by atoms with Gasteiger partial charge in [0.05, 0.1) is 18.5 Å². The van der Waals surface area contributed by atoms with Crippen molar-refractivity contribution in [1.82, 2.24) is 15.2 Å². The van der Waals surface area contributed by atoms with Crippen molar-refractivity contribution in [3.63, 3.8) is 0 Å². The van der Waals surface area contributed by atoms with Crippen LogP contribution in [0.25, 0.3) is 16.9 Å². The Labute approximate surface area is 207 Å². The molecular weight excluding hydrogens is 461 g/mol. The molecule has 4 aromatic rings. The van der Waals surface area contributed by atoms with Gasteiger partial charge in [-0.2, -0.15) is 10.2 Å². The molecular formula is C27H24FN5O3. The lowest BCUT2D eigenvalue weighted by atomic mass is 10.1. The maximum Gasteiger partial charge on any atom is 0.329 e. The smallest absolute Gasteiger partial charge is 0.329 e. The fourth-order valence-electron chi connectivity index (χ4n) is 3.28. The summed E-state index contributed by atoms with van der Waals surface area (Å²) in [4.78, 5) is 24.3. The number of hydrogen-bond acceptors (Lipinski definition) is 5. The highest BCUT2D eigenvalue weighted by Gasteiger charge is 2.14. The molecule has 0 atom stereocenters. The Morgan fingerprint density at radius 1 is 1.00 bits per heavy atom. The Hall–Kier alpha value is -4.79. The fraction of sp³-hybridized carbons (Fsp3) is 0.111. The number of anilines is 1. The molecule has 0 fully saturated rings. The van der Waals surface area contributed by atoms with Gasteiger partial charge in [-0.25, -0.2) is 14.5 Å². The van der Waals surface area contributed by atoms with Crippen LogP contribution in [0.3, 0.4) is 0 Å². The van der Waals surface area contributed by atoms with E-state index in [9.17, 15) is 14.0 Å². The standard InChI is InChI=1S/C27H24FN5O3/c1-2-16-36-24-14-8-19(9-15-24)25-20(18-33(32-25)23-6-4-3-5-7-23)17-29-31-27(35)26(34)30-22-12-10-21(28)11-13-22/h3-15,17-18H,2,16H2,1H3,(H,30,34)(H,31,35). The minimum atomic E-state index is -0.968. The van der Waals surface area contributed by atoms with Gasteiger partial charge in [0.2, 0.25) is 0 Å². The first-order chi connectivity index (χ1) is 17.5. The zero-order valence-electron chi connectivity index (χ0n) is 19.5. The fourth-order valence-corrected chi connectivity index (χ4v) is 3.28. The van der Waals surface area contributed by atoms with Crippen LogP contribution in [0, 0.1) is 5.82 Å². The van der Waals surface area contributed by atoms with Crippen molar-refractivity contribution in [1.29, 1.82) is 0 Å². The number of hydrogen-bond donors (Lipinski definition) is 2. The number of benzene rings is 3. The van der Waals surface area contributed by atoms with Crippen molar-refractivity contribution in [2.24, 2.45) is 5.10 Å². The summed E-state index contributed by atoms with van der Waals surface area (Å²) in [5, 5.41) is 11.0. The number of aromatic nitrogens is 2. The summed E-state index contributed by atoms with van der Waals surface area (Å²) in [6.45, 7) is 2.68. The van der Waals surface area contributed by atoms with Crippen LogP contribution in [-0.2, 0) is 9.59 Å². The number of halogens is 1. The van der Waals surface area contributed by atoms with Gasteiger partial charge in [0.15, 0.2) is 0 Å². The lowest BCUT2D eigenvalue weighted by Gasteiger charge is -2.05. The normalized spacial score (nSPS) is 10.8. The molecule has 0 aliphatic heterocycles. The number of para-hydroxylation sites is 1. The lowest BCUT2D eigenvalue weighted by Crippen LogP contribution is -2.32. The molecule has 182 valence electrons. The molecule has 0 bridgehead atoms. The highest BCUT2D eigenvalue weighted by atomic mass is 19.1. The first kappa shape index (κ1) is 24.3. The van der Waals surface area contributed by atoms with Gasteiger partial charge in [-0.3, -0.25) is 9.59 Å². The van der Waals surface area contributed by atoms with E-state index in [2.05, 4.69) is 15.8 Å². The topological polar surface area (TPSA) is 97.6 Å². The molecule has 36 heavy (non-hydrogen) atoms. The lowest BCUT2D eigenvalue weighted by molar-refractivity contribution is -0.136. The zero-order valence-corrected chi connectivity index (χ0v) is 19.5. The number of ether oxygens (including phenoxy) is 1. The van der Waals surface area contributed by atoms with E-state index >= 15 is 0 Å². The first-order valence-corrected chi connectivity index (χ1v) is 11.3. The van der Waals surface area contributed by atoms with Crippen molar-refractivity contribution in [3.8, 4) is 22.7 Å². The summed E-state index contributed by atoms with van der Waals surface area (Å²) in [5.74, 6) is -1.58. The molecule has 1 aromatic heterocycles. The largest absolute Gasteiger partial charge is 0.494 e. The maximum absolute atomic E-state index is 13.0. The number of hydrazone groups is 1. The van der Waals surface area contributed by atoms with Crippen LogP contribution in [0.4, 0.5) is 10.1 Å². The Kier molecular flexibility index (Phi) is 7.82. The maximum atomic E-state index is 13.0. The van der Waals surface area contributed by atoms with Crippen LogP contribution in [0.5, 0.6) is 5.75 Å². The van der Waals surface area contributed by atoms with Crippen LogP contribution in [0.2, 0.25) is 0 Å². The number of carbonyl (C=O) groups is 2. The Balaban J connectivity index is 1.52. The summed E-state index contributed by atoms with van der Waals surface area (Å²) >= 11 is 0. The van der Waals surface area contributed by atoms with Gasteiger partial charge in [-0.1, -0.05) is 25.1 Å². The van der Waals surface area contributed by atoms with Gasteiger partial charge >= 0.3 is 11.8 Å². The van der Waals surface area contributed by atoms with Crippen molar-refractivity contribution in [3.05, 3.63) is 96.4 Å². The molecule has 8 nitrogen and oxygen atoms in total. The van der Waals surface area contributed by atoms with Crippen molar-refractivity contribution >= 4 is 23.7 Å². The monoisotopic (exact) mass is 485 g/mol. The average molecular weight is 486 g/mol. The highest BCUT2D eigenvalue weighted by Crippen LogP contribution is 2.25. The van der Waals surface area contributed by atoms with Crippen LogP contribution in [0.15, 0.2) is 90.2 Å². The molecule has 3 aromatic carbocycles. The predicted molar refractivity (Wildman–Crippen MR) is 136 cm³/mol. The third-order valence-corrected chi connectivity index (χ3v) is 5.04. The van der Waals surface area contributed by atoms with Gasteiger partial charge in [-0.05, 0) is 67.1 Å². The molecule has 4 rings (SSSR count). The number of nitrogens with zero attached hydrogens (tertiary/aromatic N) is 3. The zero-order chi connectivity index (χ0) is 25.3. The molecule has 0 aliphatic rings. The summed E-state index contributed by atoms with van der Waals surface area (Å²) in [5.41, 5.74) is 5.44. The summed E-state index contributed by atoms with van der Waals surface area (Å²) in [6, 6.07) is 22.2. The number of carbonyl (C=O) groups excluding carboxylic acids is 2. The second-order valence-electron chi connectivity index (χ2n) is 7.75. The highest BCUT2D eigenvalue weighted by molar-refractivity contribution is 6.39. The molecule has 0 aliphatic carbocycles. The Morgan fingerprint density at radius 3 is 2.42 bits per heavy atom. The SMILES string of the molecule is CCCOc1ccc(-c2nn(-c3ccccc3)cc2C=NNC(=O)C(=O)Nc2ccc(F)cc2)cc1. The minimum absolute atomic E-state index is 0.290. The molecule has 0 unspecified atom stereocenters. The second-order valence-corrected chi connectivity index (χ2v) is 7.75. The molecule has 0 radical (unpaired) electrons. The predicted octanol–water partition coefficient (Wildman–Crippen LogP) is 4.56. The molecule has 9 heteroatoms. The summed E-state index contributed by atoms with van der Waals surface area (Å²) in [7, 11) is 0. The Morgan fingerprint density at radius 2 is 1.72 bits per heavy atom. The van der Waals surface area contributed by atoms with Gasteiger partial charge in [-0.15, -0.1) is 0 Å². The third-order valence-electron chi connectivity index (χ3n) is 5.04. The van der Waals surface area contributed by atoms with Gasteiger partial charge in [0.25, 0.3) is 0 Å². The molecule has 2 N–H and O–H groups in total. The Bertz CT molecular complexity index is 1350. The third kappa shape index (κ3) is 6.20. The molecule has 0 spiro atoms. The van der Waals surface area contributed by atoms with E-state index in [4.69, 9.17) is 9.84 Å². The quantitative estimate of drug-likeness (QED) is 0.217. The van der Waals surface area contributed by atoms with Crippen molar-refractivity contribution in [2.45, 2.75) is 13.3 Å². The van der Waals surface area contributed by atoms with Crippen molar-refractivity contribution in [2.75, 3.05) is 11.9 Å². The van der Waals surface area contributed by atoms with Crippen molar-refractivity contribution < 1.29 is 18.7 Å². The van der Waals surface area contributed by atoms with E-state index in [1.165, 1.54) is 30.5 Å². The molecule has 2 amide bonds. The average Bonchev–Trinajstić information content (AvgIpc) is 3.33. The van der Waals surface area contributed by atoms with Gasteiger partial charge in [0, 0.05) is 23.0 Å². The van der Waals surface area contributed by atoms with E-state index in [1.54, 1.807) is 10.9 Å². The van der Waals surface area contributed by atoms with Gasteiger partial charge in [0.1, 0.15) is 17.3 Å². The van der Waals surface area contributed by atoms with Gasteiger partial charge < -0.3 is 10.1 Å². The number of amides is 2. The van der Waals surface area contributed by atoms with Crippen LogP contribution in [-0.4, -0.2) is 34.4 Å². The molecule has 0 saturated heterocycles. The summed E-state index contributed by atoms with van der Waals surface area (Å²) < 4.78 is 20.4. The van der Waals surface area contributed by atoms with Crippen LogP contribution >= 0.6 is 0 Å². The second kappa shape index (κ2) is 11.6. The van der Waals surface area contributed by atoms with E-state index in [1.807, 2.05) is 61.5 Å². The van der Waals surface area contributed by atoms with E-state index < -0.39 is 17.6 Å². The number of rotatable bonds is 8. The van der Waals surface area contributed by atoms with E-state index in [0.717, 1.165) is 23.4 Å². The minimum Gasteiger partial charge on any atom is -0.494 e.